The molecule has 1 aromatic rings. The smallest absolute Gasteiger partial charge is 0.0496 e. The number of rotatable bonds is 5. The van der Waals surface area contributed by atoms with Gasteiger partial charge in [-0.3, -0.25) is 0 Å². The summed E-state index contributed by atoms with van der Waals surface area (Å²) in [5.74, 6) is 1.09. The van der Waals surface area contributed by atoms with Crippen LogP contribution in [-0.2, 0) is 6.42 Å². The molecule has 1 aliphatic carbocycles. The fourth-order valence-electron chi connectivity index (χ4n) is 2.75. The number of allylic oxidation sites excluding steroid dienone is 1. The highest BCUT2D eigenvalue weighted by Crippen LogP contribution is 2.31. The van der Waals surface area contributed by atoms with Crippen LogP contribution in [0.5, 0.6) is 0 Å². The molecular formula is C16H22O. The van der Waals surface area contributed by atoms with Crippen LogP contribution in [0.3, 0.4) is 0 Å². The van der Waals surface area contributed by atoms with Crippen molar-refractivity contribution in [1.29, 1.82) is 0 Å². The molecule has 0 bridgehead atoms. The van der Waals surface area contributed by atoms with Crippen molar-refractivity contribution in [2.45, 2.75) is 32.1 Å². The monoisotopic (exact) mass is 230 g/mol. The molecule has 0 radical (unpaired) electrons. The lowest BCUT2D eigenvalue weighted by Crippen LogP contribution is -2.13. The Balaban J connectivity index is 1.85. The van der Waals surface area contributed by atoms with E-state index in [0.717, 1.165) is 6.42 Å². The first-order chi connectivity index (χ1) is 8.40. The summed E-state index contributed by atoms with van der Waals surface area (Å²) in [6.07, 6.45) is 10.7. The number of hydrogen-bond acceptors (Lipinski definition) is 1. The summed E-state index contributed by atoms with van der Waals surface area (Å²) < 4.78 is 0. The molecule has 0 saturated heterocycles. The highest BCUT2D eigenvalue weighted by molar-refractivity contribution is 5.17. The van der Waals surface area contributed by atoms with Gasteiger partial charge in [-0.1, -0.05) is 55.3 Å². The van der Waals surface area contributed by atoms with Gasteiger partial charge >= 0.3 is 0 Å². The predicted molar refractivity (Wildman–Crippen MR) is 71.8 cm³/mol. The zero-order valence-corrected chi connectivity index (χ0v) is 10.4. The van der Waals surface area contributed by atoms with Crippen molar-refractivity contribution in [2.24, 2.45) is 11.8 Å². The Morgan fingerprint density at radius 3 is 2.53 bits per heavy atom. The number of aliphatic hydroxyl groups excluding tert-OH is 1. The summed E-state index contributed by atoms with van der Waals surface area (Å²) in [5.41, 5.74) is 1.34. The molecule has 1 atom stereocenters. The van der Waals surface area contributed by atoms with E-state index in [1.165, 1.54) is 31.2 Å². The first-order valence-corrected chi connectivity index (χ1v) is 6.71. The number of hydrogen-bond donors (Lipinski definition) is 1. The minimum absolute atomic E-state index is 0.302. The maximum absolute atomic E-state index is 9.43. The molecule has 0 aliphatic heterocycles. The van der Waals surface area contributed by atoms with Gasteiger partial charge in [0.05, 0.1) is 0 Å². The quantitative estimate of drug-likeness (QED) is 0.766. The van der Waals surface area contributed by atoms with E-state index in [9.17, 15) is 5.11 Å². The molecule has 0 unspecified atom stereocenters. The molecule has 1 aromatic carbocycles. The summed E-state index contributed by atoms with van der Waals surface area (Å²) in [4.78, 5) is 0. The van der Waals surface area contributed by atoms with Crippen molar-refractivity contribution in [2.75, 3.05) is 6.61 Å². The second-order valence-corrected chi connectivity index (χ2v) is 5.01. The maximum Gasteiger partial charge on any atom is 0.0496 e. The topological polar surface area (TPSA) is 20.2 Å². The third-order valence-electron chi connectivity index (χ3n) is 3.80. The normalized spacial score (nSPS) is 18.9. The average Bonchev–Trinajstić information content (AvgIpc) is 2.90. The Morgan fingerprint density at radius 1 is 1.18 bits per heavy atom. The Kier molecular flexibility index (Phi) is 4.81. The summed E-state index contributed by atoms with van der Waals surface area (Å²) in [6, 6.07) is 10.5. The van der Waals surface area contributed by atoms with E-state index in [2.05, 4.69) is 36.4 Å². The van der Waals surface area contributed by atoms with Gasteiger partial charge in [0.1, 0.15) is 0 Å². The van der Waals surface area contributed by atoms with Crippen LogP contribution in [0.1, 0.15) is 31.2 Å². The molecule has 0 spiro atoms. The lowest BCUT2D eigenvalue weighted by molar-refractivity contribution is 0.209. The Morgan fingerprint density at radius 2 is 1.88 bits per heavy atom. The second-order valence-electron chi connectivity index (χ2n) is 5.01. The molecule has 0 amide bonds. The minimum Gasteiger partial charge on any atom is -0.396 e. The molecule has 17 heavy (non-hydrogen) atoms. The van der Waals surface area contributed by atoms with Crippen LogP contribution in [-0.4, -0.2) is 11.7 Å². The van der Waals surface area contributed by atoms with E-state index in [-0.39, 0.29) is 0 Å². The minimum atomic E-state index is 0.302. The Bertz CT molecular complexity index is 336. The fourth-order valence-corrected chi connectivity index (χ4v) is 2.75. The van der Waals surface area contributed by atoms with Crippen LogP contribution in [0, 0.1) is 11.8 Å². The molecule has 1 saturated carbocycles. The molecule has 2 rings (SSSR count). The maximum atomic E-state index is 9.43. The third kappa shape index (κ3) is 3.71. The van der Waals surface area contributed by atoms with Crippen LogP contribution in [0.15, 0.2) is 42.5 Å². The van der Waals surface area contributed by atoms with Gasteiger partial charge in [-0.05, 0) is 30.7 Å². The van der Waals surface area contributed by atoms with E-state index in [1.807, 2.05) is 6.07 Å². The van der Waals surface area contributed by atoms with E-state index in [1.54, 1.807) is 0 Å². The largest absolute Gasteiger partial charge is 0.396 e. The van der Waals surface area contributed by atoms with Gasteiger partial charge in [-0.25, -0.2) is 0 Å². The van der Waals surface area contributed by atoms with Crippen LogP contribution in [0.2, 0.25) is 0 Å². The lowest BCUT2D eigenvalue weighted by Gasteiger charge is -2.17. The first-order valence-electron chi connectivity index (χ1n) is 6.71. The van der Waals surface area contributed by atoms with Crippen molar-refractivity contribution >= 4 is 0 Å². The van der Waals surface area contributed by atoms with Crippen molar-refractivity contribution in [3.8, 4) is 0 Å². The van der Waals surface area contributed by atoms with E-state index in [0.29, 0.717) is 18.4 Å². The Labute approximate surface area is 104 Å². The van der Waals surface area contributed by atoms with Gasteiger partial charge in [0.25, 0.3) is 0 Å². The van der Waals surface area contributed by atoms with Crippen LogP contribution in [0.4, 0.5) is 0 Å². The van der Waals surface area contributed by atoms with E-state index >= 15 is 0 Å². The van der Waals surface area contributed by atoms with Crippen molar-refractivity contribution in [3.05, 3.63) is 48.0 Å². The summed E-state index contributed by atoms with van der Waals surface area (Å²) in [6.45, 7) is 0.302. The molecule has 92 valence electrons. The highest BCUT2D eigenvalue weighted by Gasteiger charge is 2.21. The van der Waals surface area contributed by atoms with Gasteiger partial charge in [0, 0.05) is 12.5 Å². The van der Waals surface area contributed by atoms with Crippen LogP contribution < -0.4 is 0 Å². The average molecular weight is 230 g/mol. The summed E-state index contributed by atoms with van der Waals surface area (Å²) in [7, 11) is 0. The highest BCUT2D eigenvalue weighted by atomic mass is 16.3. The summed E-state index contributed by atoms with van der Waals surface area (Å²) in [5, 5.41) is 9.43. The SMILES string of the molecule is OC[C@@H](/C=C/Cc1ccccc1)C1CCCC1. The van der Waals surface area contributed by atoms with Gasteiger partial charge < -0.3 is 5.11 Å². The fraction of sp³-hybridized carbons (Fsp3) is 0.500. The standard InChI is InChI=1S/C16H22O/c17-13-16(15-10-4-5-11-15)12-6-9-14-7-2-1-3-8-14/h1-3,6-8,12,15-17H,4-5,9-11,13H2/b12-6+/t16-/m1/s1. The Hall–Kier alpha value is -1.08. The molecular weight excluding hydrogens is 208 g/mol. The molecule has 1 N–H and O–H groups in total. The van der Waals surface area contributed by atoms with Crippen LogP contribution >= 0.6 is 0 Å². The molecule has 1 fully saturated rings. The van der Waals surface area contributed by atoms with Gasteiger partial charge in [-0.15, -0.1) is 0 Å². The molecule has 0 heterocycles. The first kappa shape index (κ1) is 12.4. The van der Waals surface area contributed by atoms with Gasteiger partial charge in [0.2, 0.25) is 0 Å². The predicted octanol–water partition coefficient (Wildman–Crippen LogP) is 3.58. The lowest BCUT2D eigenvalue weighted by atomic mass is 9.91. The van der Waals surface area contributed by atoms with E-state index in [4.69, 9.17) is 0 Å². The zero-order chi connectivity index (χ0) is 11.9. The number of aliphatic hydroxyl groups is 1. The van der Waals surface area contributed by atoms with Crippen molar-refractivity contribution in [3.63, 3.8) is 0 Å². The molecule has 0 aromatic heterocycles. The molecule has 1 heteroatoms. The summed E-state index contributed by atoms with van der Waals surface area (Å²) >= 11 is 0. The van der Waals surface area contributed by atoms with Crippen molar-refractivity contribution < 1.29 is 5.11 Å². The molecule has 1 aliphatic rings. The van der Waals surface area contributed by atoms with Gasteiger partial charge in [-0.2, -0.15) is 0 Å². The van der Waals surface area contributed by atoms with E-state index < -0.39 is 0 Å². The van der Waals surface area contributed by atoms with Gasteiger partial charge in [0.15, 0.2) is 0 Å². The van der Waals surface area contributed by atoms with Crippen LogP contribution in [0.25, 0.3) is 0 Å². The second kappa shape index (κ2) is 6.61. The zero-order valence-electron chi connectivity index (χ0n) is 10.4. The van der Waals surface area contributed by atoms with Crippen molar-refractivity contribution in [1.82, 2.24) is 0 Å². The third-order valence-corrected chi connectivity index (χ3v) is 3.80. The number of benzene rings is 1. The molecule has 1 nitrogen and oxygen atoms in total.